The molecule has 10 heteroatoms. The molecule has 1 aromatic heterocycles. The molecule has 0 aliphatic rings. The second-order valence-electron chi connectivity index (χ2n) is 5.72. The highest BCUT2D eigenvalue weighted by molar-refractivity contribution is 9.10. The molecule has 1 atom stereocenters. The standard InChI is InChI=1S/C17H13BrCl2N4O3/c18-15-4-2-1-3-11(15)7-12(14-6-5-13(19)8-16(14)20)9-23-10-21-17(22-23)27-24(25)26/h1-6,8,10,12H,7,9H2. The van der Waals surface area contributed by atoms with Crippen LogP contribution in [0.5, 0.6) is 6.01 Å². The van der Waals surface area contributed by atoms with Crippen LogP contribution in [0.3, 0.4) is 0 Å². The van der Waals surface area contributed by atoms with Crippen molar-refractivity contribution >= 4 is 39.1 Å². The van der Waals surface area contributed by atoms with Crippen LogP contribution >= 0.6 is 39.1 Å². The first-order valence-corrected chi connectivity index (χ1v) is 9.37. The Bertz CT molecular complexity index is 967. The van der Waals surface area contributed by atoms with Crippen molar-refractivity contribution in [3.05, 3.63) is 84.6 Å². The van der Waals surface area contributed by atoms with Crippen molar-refractivity contribution in [2.75, 3.05) is 0 Å². The minimum atomic E-state index is -0.950. The van der Waals surface area contributed by atoms with Gasteiger partial charge in [-0.1, -0.05) is 63.4 Å². The lowest BCUT2D eigenvalue weighted by atomic mass is 9.92. The van der Waals surface area contributed by atoms with Crippen LogP contribution in [0, 0.1) is 10.1 Å². The fourth-order valence-electron chi connectivity index (χ4n) is 2.73. The highest BCUT2D eigenvalue weighted by Gasteiger charge is 2.19. The topological polar surface area (TPSA) is 83.1 Å². The molecular weight excluding hydrogens is 459 g/mol. The van der Waals surface area contributed by atoms with E-state index in [1.165, 1.54) is 11.0 Å². The Morgan fingerprint density at radius 1 is 1.26 bits per heavy atom. The number of hydrogen-bond acceptors (Lipinski definition) is 5. The Morgan fingerprint density at radius 2 is 2.04 bits per heavy atom. The maximum atomic E-state index is 10.4. The third-order valence-corrected chi connectivity index (χ3v) is 5.24. The van der Waals surface area contributed by atoms with Gasteiger partial charge in [-0.15, -0.1) is 15.2 Å². The van der Waals surface area contributed by atoms with Gasteiger partial charge < -0.3 is 0 Å². The van der Waals surface area contributed by atoms with E-state index in [4.69, 9.17) is 23.2 Å². The monoisotopic (exact) mass is 470 g/mol. The molecule has 0 bridgehead atoms. The Balaban J connectivity index is 1.90. The summed E-state index contributed by atoms with van der Waals surface area (Å²) >= 11 is 16.0. The molecule has 0 aliphatic heterocycles. The normalized spacial score (nSPS) is 12.0. The van der Waals surface area contributed by atoms with Crippen molar-refractivity contribution < 1.29 is 9.92 Å². The molecule has 0 radical (unpaired) electrons. The molecule has 3 aromatic rings. The van der Waals surface area contributed by atoms with Crippen LogP contribution in [0.2, 0.25) is 10.0 Å². The SMILES string of the molecule is O=[N+]([O-])Oc1ncn(CC(Cc2ccccc2Br)c2ccc(Cl)cc2Cl)n1. The molecule has 0 N–H and O–H groups in total. The summed E-state index contributed by atoms with van der Waals surface area (Å²) in [7, 11) is 0. The highest BCUT2D eigenvalue weighted by Crippen LogP contribution is 2.32. The molecular formula is C17H13BrCl2N4O3. The predicted molar refractivity (Wildman–Crippen MR) is 105 cm³/mol. The van der Waals surface area contributed by atoms with Gasteiger partial charge in [-0.05, 0) is 35.7 Å². The summed E-state index contributed by atoms with van der Waals surface area (Å²) in [4.78, 5) is 18.5. The molecule has 2 aromatic carbocycles. The van der Waals surface area contributed by atoms with Crippen LogP contribution in [0.4, 0.5) is 0 Å². The van der Waals surface area contributed by atoms with Crippen molar-refractivity contribution in [3.8, 4) is 6.01 Å². The van der Waals surface area contributed by atoms with Gasteiger partial charge in [-0.2, -0.15) is 4.98 Å². The molecule has 0 aliphatic carbocycles. The second kappa shape index (κ2) is 8.69. The van der Waals surface area contributed by atoms with Gasteiger partial charge in [-0.25, -0.2) is 4.84 Å². The Kier molecular flexibility index (Phi) is 6.30. The maximum Gasteiger partial charge on any atom is 0.327 e. The first-order valence-electron chi connectivity index (χ1n) is 7.82. The zero-order valence-electron chi connectivity index (χ0n) is 13.8. The van der Waals surface area contributed by atoms with Crippen LogP contribution in [0.15, 0.2) is 53.3 Å². The van der Waals surface area contributed by atoms with Crippen LogP contribution in [-0.2, 0) is 13.0 Å². The molecule has 0 saturated heterocycles. The average Bonchev–Trinajstić information content (AvgIpc) is 3.02. The van der Waals surface area contributed by atoms with Gasteiger partial charge in [0, 0.05) is 20.4 Å². The first kappa shape index (κ1) is 19.6. The predicted octanol–water partition coefficient (Wildman–Crippen LogP) is 4.94. The van der Waals surface area contributed by atoms with E-state index in [9.17, 15) is 10.1 Å². The largest absolute Gasteiger partial charge is 0.327 e. The first-order chi connectivity index (χ1) is 12.9. The molecule has 7 nitrogen and oxygen atoms in total. The zero-order valence-corrected chi connectivity index (χ0v) is 16.9. The molecule has 0 amide bonds. The molecule has 1 heterocycles. The van der Waals surface area contributed by atoms with E-state index in [-0.39, 0.29) is 11.9 Å². The number of halogens is 3. The fourth-order valence-corrected chi connectivity index (χ4v) is 3.74. The van der Waals surface area contributed by atoms with E-state index in [1.54, 1.807) is 12.1 Å². The summed E-state index contributed by atoms with van der Waals surface area (Å²) < 4.78 is 2.47. The number of nitrogens with zero attached hydrogens (tertiary/aromatic N) is 4. The zero-order chi connectivity index (χ0) is 19.4. The highest BCUT2D eigenvalue weighted by atomic mass is 79.9. The Hall–Kier alpha value is -2.16. The van der Waals surface area contributed by atoms with Gasteiger partial charge in [-0.3, -0.25) is 4.68 Å². The minimum Gasteiger partial charge on any atom is -0.250 e. The number of benzene rings is 2. The lowest BCUT2D eigenvalue weighted by Gasteiger charge is -2.19. The number of aromatic nitrogens is 3. The summed E-state index contributed by atoms with van der Waals surface area (Å²) in [6.45, 7) is 0.400. The third kappa shape index (κ3) is 5.18. The summed E-state index contributed by atoms with van der Waals surface area (Å²) in [5.74, 6) is -0.0707. The molecule has 0 saturated carbocycles. The number of rotatable bonds is 7. The third-order valence-electron chi connectivity index (χ3n) is 3.91. The van der Waals surface area contributed by atoms with E-state index in [0.717, 1.165) is 15.6 Å². The van der Waals surface area contributed by atoms with Gasteiger partial charge >= 0.3 is 11.1 Å². The van der Waals surface area contributed by atoms with Crippen LogP contribution in [-0.4, -0.2) is 19.9 Å². The molecule has 0 fully saturated rings. The van der Waals surface area contributed by atoms with E-state index >= 15 is 0 Å². The number of hydrogen-bond donors (Lipinski definition) is 0. The summed E-state index contributed by atoms with van der Waals surface area (Å²) in [6, 6.07) is 12.9. The summed E-state index contributed by atoms with van der Waals surface area (Å²) in [5, 5.41) is 14.6. The van der Waals surface area contributed by atoms with E-state index < -0.39 is 5.09 Å². The lowest BCUT2D eigenvalue weighted by molar-refractivity contribution is -0.713. The Labute approximate surface area is 173 Å². The lowest BCUT2D eigenvalue weighted by Crippen LogP contribution is -2.14. The van der Waals surface area contributed by atoms with Crippen LogP contribution in [0.1, 0.15) is 17.0 Å². The van der Waals surface area contributed by atoms with Crippen molar-refractivity contribution in [2.24, 2.45) is 0 Å². The average molecular weight is 472 g/mol. The van der Waals surface area contributed by atoms with Crippen molar-refractivity contribution in [1.82, 2.24) is 14.8 Å². The van der Waals surface area contributed by atoms with Gasteiger partial charge in [0.2, 0.25) is 0 Å². The molecule has 140 valence electrons. The molecule has 1 unspecified atom stereocenters. The van der Waals surface area contributed by atoms with Crippen LogP contribution < -0.4 is 4.84 Å². The van der Waals surface area contributed by atoms with Crippen molar-refractivity contribution in [1.29, 1.82) is 0 Å². The van der Waals surface area contributed by atoms with Gasteiger partial charge in [0.1, 0.15) is 6.33 Å². The van der Waals surface area contributed by atoms with Crippen LogP contribution in [0.25, 0.3) is 0 Å². The van der Waals surface area contributed by atoms with Gasteiger partial charge in [0.05, 0.1) is 6.54 Å². The minimum absolute atomic E-state index is 0.0707. The van der Waals surface area contributed by atoms with Crippen molar-refractivity contribution in [3.63, 3.8) is 0 Å². The van der Waals surface area contributed by atoms with E-state index in [0.29, 0.717) is 23.0 Å². The second-order valence-corrected chi connectivity index (χ2v) is 7.42. The molecule has 27 heavy (non-hydrogen) atoms. The molecule has 3 rings (SSSR count). The maximum absolute atomic E-state index is 10.4. The summed E-state index contributed by atoms with van der Waals surface area (Å²) in [5.41, 5.74) is 1.99. The summed E-state index contributed by atoms with van der Waals surface area (Å²) in [6.07, 6.45) is 2.05. The Morgan fingerprint density at radius 3 is 2.74 bits per heavy atom. The fraction of sp³-hybridized carbons (Fsp3) is 0.176. The van der Waals surface area contributed by atoms with E-state index in [2.05, 4.69) is 30.9 Å². The van der Waals surface area contributed by atoms with Crippen molar-refractivity contribution in [2.45, 2.75) is 18.9 Å². The molecule has 0 spiro atoms. The smallest absolute Gasteiger partial charge is 0.250 e. The van der Waals surface area contributed by atoms with E-state index in [1.807, 2.05) is 30.3 Å². The van der Waals surface area contributed by atoms with Gasteiger partial charge in [0.25, 0.3) is 0 Å². The van der Waals surface area contributed by atoms with Gasteiger partial charge in [0.15, 0.2) is 0 Å². The quantitative estimate of drug-likeness (QED) is 0.359.